The highest BCUT2D eigenvalue weighted by molar-refractivity contribution is 5.90. The van der Waals surface area contributed by atoms with Gasteiger partial charge in [0.1, 0.15) is 6.04 Å². The molecule has 1 rings (SSSR count). The Kier molecular flexibility index (Phi) is 10.2. The van der Waals surface area contributed by atoms with Crippen LogP contribution in [0.5, 0.6) is 0 Å². The number of likely N-dealkylation sites (N-methyl/N-ethyl adjacent to an activating group) is 1. The summed E-state index contributed by atoms with van der Waals surface area (Å²) < 4.78 is 5.08. The fourth-order valence-electron chi connectivity index (χ4n) is 3.85. The molecule has 0 saturated carbocycles. The van der Waals surface area contributed by atoms with E-state index < -0.39 is 11.5 Å². The lowest BCUT2D eigenvalue weighted by molar-refractivity contribution is -0.141. The fraction of sp³-hybridized carbons (Fsp3) is 0.792. The van der Waals surface area contributed by atoms with Crippen molar-refractivity contribution in [1.29, 1.82) is 0 Å². The molecule has 7 nitrogen and oxygen atoms in total. The van der Waals surface area contributed by atoms with Gasteiger partial charge in [0, 0.05) is 18.5 Å². The second kappa shape index (κ2) is 11.7. The summed E-state index contributed by atoms with van der Waals surface area (Å²) in [7, 11) is 3.80. The highest BCUT2D eigenvalue weighted by Crippen LogP contribution is 2.25. The quantitative estimate of drug-likeness (QED) is 0.467. The molecular weight excluding hydrogens is 394 g/mol. The van der Waals surface area contributed by atoms with Crippen LogP contribution < -0.4 is 5.32 Å². The summed E-state index contributed by atoms with van der Waals surface area (Å²) in [6, 6.07) is -0.941. The van der Waals surface area contributed by atoms with E-state index in [9.17, 15) is 14.4 Å². The number of ether oxygens (including phenoxy) is 1. The Bertz CT molecular complexity index is 658. The van der Waals surface area contributed by atoms with E-state index in [0.717, 1.165) is 25.9 Å². The minimum absolute atomic E-state index is 0.0471. The summed E-state index contributed by atoms with van der Waals surface area (Å²) in [5, 5.41) is 3.05. The molecule has 1 fully saturated rings. The largest absolute Gasteiger partial charge is 0.463 e. The smallest absolute Gasteiger partial charge is 0.333 e. The third-order valence-corrected chi connectivity index (χ3v) is 5.98. The topological polar surface area (TPSA) is 79.0 Å². The van der Waals surface area contributed by atoms with Gasteiger partial charge in [-0.3, -0.25) is 9.59 Å². The van der Waals surface area contributed by atoms with Gasteiger partial charge < -0.3 is 19.9 Å². The summed E-state index contributed by atoms with van der Waals surface area (Å²) >= 11 is 0. The summed E-state index contributed by atoms with van der Waals surface area (Å²) in [5.74, 6) is -0.555. The summed E-state index contributed by atoms with van der Waals surface area (Å²) in [5.41, 5.74) is 0.0244. The van der Waals surface area contributed by atoms with Crippen LogP contribution in [0.15, 0.2) is 11.6 Å². The van der Waals surface area contributed by atoms with Crippen molar-refractivity contribution < 1.29 is 19.1 Å². The number of piperidine rings is 1. The average molecular weight is 438 g/mol. The van der Waals surface area contributed by atoms with Crippen LogP contribution in [0, 0.1) is 17.3 Å². The molecule has 0 unspecified atom stereocenters. The van der Waals surface area contributed by atoms with Crippen LogP contribution in [-0.2, 0) is 19.1 Å². The van der Waals surface area contributed by atoms with E-state index >= 15 is 0 Å². The Hall–Kier alpha value is -1.89. The van der Waals surface area contributed by atoms with Gasteiger partial charge in [-0.2, -0.15) is 0 Å². The Morgan fingerprint density at radius 1 is 1.19 bits per heavy atom. The molecule has 1 saturated heterocycles. The SMILES string of the molecule is CCOC(=O)C(C)=C[C@H](C(C)C)N(C)C(=O)[C@@H](NC(=O)C1CCN(C)CC1)C(C)(C)C. The van der Waals surface area contributed by atoms with Crippen molar-refractivity contribution in [2.75, 3.05) is 33.8 Å². The number of hydrogen-bond acceptors (Lipinski definition) is 5. The normalized spacial score (nSPS) is 18.5. The molecule has 2 atom stereocenters. The molecule has 1 aliphatic heterocycles. The van der Waals surface area contributed by atoms with Crippen LogP contribution in [0.3, 0.4) is 0 Å². The van der Waals surface area contributed by atoms with Gasteiger partial charge in [0.15, 0.2) is 0 Å². The minimum atomic E-state index is -0.651. The molecule has 0 aromatic carbocycles. The first-order valence-electron chi connectivity index (χ1n) is 11.4. The molecule has 0 spiro atoms. The number of carbonyl (C=O) groups excluding carboxylic acids is 3. The number of nitrogens with one attached hydrogen (secondary N) is 1. The first kappa shape index (κ1) is 27.1. The van der Waals surface area contributed by atoms with E-state index in [2.05, 4.69) is 17.3 Å². The molecule has 1 N–H and O–H groups in total. The van der Waals surface area contributed by atoms with Gasteiger partial charge in [-0.1, -0.05) is 40.7 Å². The molecular formula is C24H43N3O4. The lowest BCUT2D eigenvalue weighted by Gasteiger charge is -2.38. The monoisotopic (exact) mass is 437 g/mol. The second-order valence-electron chi connectivity index (χ2n) is 10.1. The van der Waals surface area contributed by atoms with Crippen LogP contribution in [-0.4, -0.2) is 73.5 Å². The van der Waals surface area contributed by atoms with Gasteiger partial charge in [0.2, 0.25) is 11.8 Å². The lowest BCUT2D eigenvalue weighted by atomic mass is 9.84. The predicted octanol–water partition coefficient (Wildman–Crippen LogP) is 2.85. The predicted molar refractivity (Wildman–Crippen MR) is 123 cm³/mol. The Labute approximate surface area is 188 Å². The number of nitrogens with zero attached hydrogens (tertiary/aromatic N) is 2. The first-order valence-corrected chi connectivity index (χ1v) is 11.4. The van der Waals surface area contributed by atoms with Crippen molar-refractivity contribution in [2.24, 2.45) is 17.3 Å². The molecule has 178 valence electrons. The van der Waals surface area contributed by atoms with E-state index in [4.69, 9.17) is 4.74 Å². The van der Waals surface area contributed by atoms with Crippen molar-refractivity contribution >= 4 is 17.8 Å². The second-order valence-corrected chi connectivity index (χ2v) is 10.1. The van der Waals surface area contributed by atoms with Crippen LogP contribution in [0.2, 0.25) is 0 Å². The molecule has 0 aromatic rings. The van der Waals surface area contributed by atoms with Gasteiger partial charge in [-0.15, -0.1) is 0 Å². The Morgan fingerprint density at radius 3 is 2.19 bits per heavy atom. The van der Waals surface area contributed by atoms with Gasteiger partial charge in [0.25, 0.3) is 0 Å². The maximum absolute atomic E-state index is 13.5. The standard InChI is InChI=1S/C24H43N3O4/c1-10-31-23(30)17(4)15-19(16(2)3)27(9)22(29)20(24(5,6)7)25-21(28)18-11-13-26(8)14-12-18/h15-16,18-20H,10-14H2,1-9H3,(H,25,28)/t19-,20-/m1/s1. The number of carbonyl (C=O) groups is 3. The van der Waals surface area contributed by atoms with E-state index in [1.165, 1.54) is 0 Å². The third kappa shape index (κ3) is 7.95. The van der Waals surface area contributed by atoms with Gasteiger partial charge in [-0.05, 0) is 58.2 Å². The van der Waals surface area contributed by atoms with Crippen molar-refractivity contribution in [3.05, 3.63) is 11.6 Å². The molecule has 0 bridgehead atoms. The zero-order chi connectivity index (χ0) is 23.9. The van der Waals surface area contributed by atoms with Crippen LogP contribution in [0.25, 0.3) is 0 Å². The van der Waals surface area contributed by atoms with Crippen molar-refractivity contribution in [2.45, 2.75) is 73.4 Å². The van der Waals surface area contributed by atoms with E-state index in [-0.39, 0.29) is 35.7 Å². The summed E-state index contributed by atoms with van der Waals surface area (Å²) in [6.45, 7) is 15.4. The fourth-order valence-corrected chi connectivity index (χ4v) is 3.85. The maximum atomic E-state index is 13.5. The zero-order valence-corrected chi connectivity index (χ0v) is 20.9. The zero-order valence-electron chi connectivity index (χ0n) is 20.9. The van der Waals surface area contributed by atoms with Gasteiger partial charge in [0.05, 0.1) is 12.6 Å². The first-order chi connectivity index (χ1) is 14.3. The van der Waals surface area contributed by atoms with E-state index in [1.807, 2.05) is 34.6 Å². The minimum Gasteiger partial charge on any atom is -0.463 e. The maximum Gasteiger partial charge on any atom is 0.333 e. The molecule has 1 aliphatic rings. The molecule has 7 heteroatoms. The summed E-state index contributed by atoms with van der Waals surface area (Å²) in [6.07, 6.45) is 3.40. The van der Waals surface area contributed by atoms with Crippen LogP contribution in [0.1, 0.15) is 61.3 Å². The van der Waals surface area contributed by atoms with Gasteiger partial charge >= 0.3 is 5.97 Å². The average Bonchev–Trinajstić information content (AvgIpc) is 2.68. The Balaban J connectivity index is 3.05. The van der Waals surface area contributed by atoms with Crippen molar-refractivity contribution in [3.8, 4) is 0 Å². The van der Waals surface area contributed by atoms with Crippen molar-refractivity contribution in [1.82, 2.24) is 15.1 Å². The van der Waals surface area contributed by atoms with E-state index in [0.29, 0.717) is 12.2 Å². The molecule has 0 aliphatic carbocycles. The molecule has 1 heterocycles. The number of esters is 1. The van der Waals surface area contributed by atoms with E-state index in [1.54, 1.807) is 31.9 Å². The Morgan fingerprint density at radius 2 is 1.74 bits per heavy atom. The van der Waals surface area contributed by atoms with Crippen LogP contribution >= 0.6 is 0 Å². The number of rotatable bonds is 8. The number of likely N-dealkylation sites (tertiary alicyclic amines) is 1. The third-order valence-electron chi connectivity index (χ3n) is 5.98. The van der Waals surface area contributed by atoms with Crippen molar-refractivity contribution in [3.63, 3.8) is 0 Å². The number of hydrogen-bond donors (Lipinski definition) is 1. The summed E-state index contributed by atoms with van der Waals surface area (Å²) in [4.78, 5) is 42.4. The lowest BCUT2D eigenvalue weighted by Crippen LogP contribution is -2.57. The molecule has 0 radical (unpaired) electrons. The number of amides is 2. The highest BCUT2D eigenvalue weighted by atomic mass is 16.5. The molecule has 31 heavy (non-hydrogen) atoms. The van der Waals surface area contributed by atoms with Crippen LogP contribution in [0.4, 0.5) is 0 Å². The van der Waals surface area contributed by atoms with Gasteiger partial charge in [-0.25, -0.2) is 4.79 Å². The molecule has 2 amide bonds. The highest BCUT2D eigenvalue weighted by Gasteiger charge is 2.38. The molecule has 0 aromatic heterocycles.